The largest absolute Gasteiger partial charge is 0.354 e. The molecule has 0 bridgehead atoms. The lowest BCUT2D eigenvalue weighted by Crippen LogP contribution is -2.54. The van der Waals surface area contributed by atoms with Gasteiger partial charge in [-0.05, 0) is 78.8 Å². The Bertz CT molecular complexity index is 2110. The Morgan fingerprint density at radius 1 is 0.941 bits per heavy atom. The molecule has 12 heteroatoms. The maximum Gasteiger partial charge on any atom is 0.263 e. The molecule has 0 saturated carbocycles. The number of halogens is 1. The van der Waals surface area contributed by atoms with Gasteiger partial charge in [-0.1, -0.05) is 36.8 Å². The fraction of sp³-hybridized carbons (Fsp3) is 0.333. The minimum atomic E-state index is -0.999. The van der Waals surface area contributed by atoms with E-state index in [2.05, 4.69) is 10.3 Å². The highest BCUT2D eigenvalue weighted by atomic mass is 32.2. The summed E-state index contributed by atoms with van der Waals surface area (Å²) in [6.07, 6.45) is 4.78. The molecule has 0 spiro atoms. The minimum Gasteiger partial charge on any atom is -0.354 e. The number of ketones is 1. The number of nitrogens with one attached hydrogen (secondary N) is 2. The fourth-order valence-electron chi connectivity index (χ4n) is 7.31. The van der Waals surface area contributed by atoms with E-state index >= 15 is 0 Å². The number of amides is 5. The van der Waals surface area contributed by atoms with Crippen LogP contribution in [0.4, 0.5) is 4.39 Å². The van der Waals surface area contributed by atoms with Gasteiger partial charge in [0.25, 0.3) is 11.8 Å². The van der Waals surface area contributed by atoms with Crippen molar-refractivity contribution in [3.05, 3.63) is 88.2 Å². The molecule has 2 N–H and O–H groups in total. The number of carbonyl (C=O) groups is 6. The molecule has 2 aliphatic heterocycles. The van der Waals surface area contributed by atoms with Crippen LogP contribution in [0.2, 0.25) is 0 Å². The summed E-state index contributed by atoms with van der Waals surface area (Å²) in [6, 6.07) is 14.9. The number of imide groups is 2. The monoisotopic (exact) mass is 708 g/mol. The Morgan fingerprint density at radius 2 is 1.75 bits per heavy atom. The van der Waals surface area contributed by atoms with E-state index in [0.717, 1.165) is 51.9 Å². The predicted molar refractivity (Wildman–Crippen MR) is 190 cm³/mol. The molecule has 1 atom stereocenters. The summed E-state index contributed by atoms with van der Waals surface area (Å²) in [7, 11) is 1.79. The molecule has 4 aromatic rings. The highest BCUT2D eigenvalue weighted by Crippen LogP contribution is 2.38. The van der Waals surface area contributed by atoms with Crippen LogP contribution < -0.4 is 5.32 Å². The number of rotatable bonds is 11. The van der Waals surface area contributed by atoms with Crippen molar-refractivity contribution in [2.45, 2.75) is 75.3 Å². The number of nitrogens with zero attached hydrogens (tertiary/aromatic N) is 2. The van der Waals surface area contributed by atoms with Crippen LogP contribution in [0.3, 0.4) is 0 Å². The van der Waals surface area contributed by atoms with E-state index in [1.54, 1.807) is 30.1 Å². The van der Waals surface area contributed by atoms with E-state index in [-0.39, 0.29) is 30.1 Å². The third kappa shape index (κ3) is 6.72. The molecule has 262 valence electrons. The average molecular weight is 709 g/mol. The molecule has 0 radical (unpaired) electrons. The maximum absolute atomic E-state index is 14.3. The lowest BCUT2D eigenvalue weighted by molar-refractivity contribution is -0.136. The van der Waals surface area contributed by atoms with E-state index < -0.39 is 35.5 Å². The molecule has 1 aliphatic carbocycles. The fourth-order valence-corrected chi connectivity index (χ4v) is 8.40. The summed E-state index contributed by atoms with van der Waals surface area (Å²) in [5, 5.41) is 3.03. The number of H-pyrrole nitrogens is 1. The number of aromatic nitrogens is 1. The minimum absolute atomic E-state index is 0.0289. The van der Waals surface area contributed by atoms with E-state index in [0.29, 0.717) is 59.5 Å². The van der Waals surface area contributed by atoms with Crippen molar-refractivity contribution in [3.8, 4) is 11.3 Å². The Kier molecular flexibility index (Phi) is 9.61. The summed E-state index contributed by atoms with van der Waals surface area (Å²) < 4.78 is 14.3. The van der Waals surface area contributed by atoms with Crippen molar-refractivity contribution >= 4 is 58.0 Å². The van der Waals surface area contributed by atoms with Crippen LogP contribution in [0, 0.1) is 5.82 Å². The first-order valence-corrected chi connectivity index (χ1v) is 18.3. The molecule has 5 amide bonds. The van der Waals surface area contributed by atoms with Crippen molar-refractivity contribution in [3.63, 3.8) is 0 Å². The van der Waals surface area contributed by atoms with Crippen LogP contribution in [0.15, 0.2) is 59.5 Å². The third-order valence-electron chi connectivity index (χ3n) is 9.91. The summed E-state index contributed by atoms with van der Waals surface area (Å²) >= 11 is 1.47. The summed E-state index contributed by atoms with van der Waals surface area (Å²) in [6.45, 7) is 0.458. The molecule has 51 heavy (non-hydrogen) atoms. The Morgan fingerprint density at radius 3 is 2.53 bits per heavy atom. The van der Waals surface area contributed by atoms with Crippen LogP contribution in [0.25, 0.3) is 22.2 Å². The quantitative estimate of drug-likeness (QED) is 0.108. The van der Waals surface area contributed by atoms with Gasteiger partial charge in [0.2, 0.25) is 17.7 Å². The van der Waals surface area contributed by atoms with Gasteiger partial charge >= 0.3 is 0 Å². The van der Waals surface area contributed by atoms with Crippen LogP contribution in [-0.2, 0) is 27.3 Å². The highest BCUT2D eigenvalue weighted by Gasteiger charge is 2.45. The van der Waals surface area contributed by atoms with Gasteiger partial charge in [0.05, 0.1) is 11.1 Å². The molecule has 3 heterocycles. The van der Waals surface area contributed by atoms with Crippen molar-refractivity contribution < 1.29 is 33.2 Å². The summed E-state index contributed by atoms with van der Waals surface area (Å²) in [5.74, 6) is -1.80. The molecule has 3 aliphatic rings. The number of piperidine rings is 1. The zero-order chi connectivity index (χ0) is 35.8. The zero-order valence-electron chi connectivity index (χ0n) is 28.2. The van der Waals surface area contributed by atoms with Crippen molar-refractivity contribution in [2.24, 2.45) is 0 Å². The van der Waals surface area contributed by atoms with Gasteiger partial charge in [0.15, 0.2) is 5.78 Å². The molecular formula is C39H37FN4O6S. The van der Waals surface area contributed by atoms with Gasteiger partial charge in [-0.15, -0.1) is 11.8 Å². The SMILES string of the molecule is CN(Cc1ccc(-c2[nH]c3cc(F)cc4c3c2CCCC4=O)cc1)C(=O)CCCCCSc1cccc2c1C(=O)N(C1CCC(=O)NC1=O)C2=O. The van der Waals surface area contributed by atoms with Crippen LogP contribution >= 0.6 is 11.8 Å². The second kappa shape index (κ2) is 14.3. The van der Waals surface area contributed by atoms with Gasteiger partial charge in [0, 0.05) is 59.9 Å². The number of Topliss-reactive ketones (excluding diaryl/α,β-unsaturated/α-hetero) is 1. The van der Waals surface area contributed by atoms with E-state index in [4.69, 9.17) is 0 Å². The second-order valence-corrected chi connectivity index (χ2v) is 14.5. The second-order valence-electron chi connectivity index (χ2n) is 13.4. The number of aryl methyl sites for hydroxylation is 1. The number of hydrogen-bond acceptors (Lipinski definition) is 7. The molecule has 1 fully saturated rings. The number of fused-ring (bicyclic) bond motifs is 1. The van der Waals surface area contributed by atoms with Crippen LogP contribution in [-0.4, -0.2) is 68.9 Å². The number of hydrogen-bond donors (Lipinski definition) is 2. The molecule has 3 aromatic carbocycles. The van der Waals surface area contributed by atoms with Gasteiger partial charge in [-0.2, -0.15) is 0 Å². The van der Waals surface area contributed by atoms with E-state index in [1.807, 2.05) is 24.3 Å². The predicted octanol–water partition coefficient (Wildman–Crippen LogP) is 6.21. The third-order valence-corrected chi connectivity index (χ3v) is 11.1. The van der Waals surface area contributed by atoms with E-state index in [9.17, 15) is 33.2 Å². The van der Waals surface area contributed by atoms with Gasteiger partial charge in [-0.3, -0.25) is 39.0 Å². The number of benzene rings is 3. The van der Waals surface area contributed by atoms with Gasteiger partial charge in [-0.25, -0.2) is 4.39 Å². The van der Waals surface area contributed by atoms with Gasteiger partial charge < -0.3 is 9.88 Å². The Hall–Kier alpha value is -5.10. The van der Waals surface area contributed by atoms with E-state index in [1.165, 1.54) is 23.9 Å². The first-order chi connectivity index (χ1) is 24.6. The molecule has 1 aromatic heterocycles. The van der Waals surface area contributed by atoms with Crippen molar-refractivity contribution in [1.29, 1.82) is 0 Å². The molecular weight excluding hydrogens is 672 g/mol. The summed E-state index contributed by atoms with van der Waals surface area (Å²) in [4.78, 5) is 82.6. The lowest BCUT2D eigenvalue weighted by atomic mass is 9.99. The standard InChI is InChI=1S/C39H37FN4O6S/c1-43(21-22-12-14-23(15-13-22)36-25-7-5-9-30(45)27-19-24(40)20-28(41-36)34(25)27)33(47)11-3-2-4-18-51-31-10-6-8-26-35(31)39(50)44(38(26)49)29-16-17-32(46)42-37(29)48/h6,8,10,12-15,19-20,29,41H,2-5,7,9,11,16-18,21H2,1H3,(H,42,46,48). The maximum atomic E-state index is 14.3. The topological polar surface area (TPSA) is 137 Å². The molecule has 7 rings (SSSR count). The van der Waals surface area contributed by atoms with Crippen LogP contribution in [0.1, 0.15) is 93.6 Å². The number of carbonyl (C=O) groups excluding carboxylic acids is 6. The molecule has 10 nitrogen and oxygen atoms in total. The zero-order valence-corrected chi connectivity index (χ0v) is 29.0. The normalized spacial score (nSPS) is 17.2. The van der Waals surface area contributed by atoms with Crippen LogP contribution in [0.5, 0.6) is 0 Å². The smallest absolute Gasteiger partial charge is 0.263 e. The number of aromatic amines is 1. The first kappa shape index (κ1) is 34.4. The lowest BCUT2D eigenvalue weighted by Gasteiger charge is -2.27. The van der Waals surface area contributed by atoms with Crippen molar-refractivity contribution in [2.75, 3.05) is 12.8 Å². The summed E-state index contributed by atoms with van der Waals surface area (Å²) in [5.41, 5.74) is 5.51. The average Bonchev–Trinajstić information content (AvgIpc) is 3.53. The highest BCUT2D eigenvalue weighted by molar-refractivity contribution is 7.99. The first-order valence-electron chi connectivity index (χ1n) is 17.3. The Balaban J connectivity index is 0.888. The number of unbranched alkanes of at least 4 members (excludes halogenated alkanes) is 2. The van der Waals surface area contributed by atoms with Gasteiger partial charge in [0.1, 0.15) is 11.9 Å². The van der Waals surface area contributed by atoms with Crippen molar-refractivity contribution in [1.82, 2.24) is 20.1 Å². The number of thioether (sulfide) groups is 1. The molecule has 1 saturated heterocycles. The molecule has 1 unspecified atom stereocenters. The Labute approximate surface area is 298 Å².